The van der Waals surface area contributed by atoms with Crippen LogP contribution in [-0.2, 0) is 6.54 Å². The number of hydrogen-bond acceptors (Lipinski definition) is 4. The van der Waals surface area contributed by atoms with E-state index in [0.717, 1.165) is 33.7 Å². The van der Waals surface area contributed by atoms with Gasteiger partial charge < -0.3 is 5.32 Å². The number of aromatic nitrogens is 3. The Balaban J connectivity index is 1.35. The van der Waals surface area contributed by atoms with E-state index in [4.69, 9.17) is 0 Å². The van der Waals surface area contributed by atoms with Crippen LogP contribution in [0.4, 0.5) is 5.82 Å². The first kappa shape index (κ1) is 18.9. The van der Waals surface area contributed by atoms with Crippen LogP contribution in [0.25, 0.3) is 33.2 Å². The third-order valence-electron chi connectivity index (χ3n) is 5.35. The van der Waals surface area contributed by atoms with E-state index in [9.17, 15) is 0 Å². The monoisotopic (exact) mass is 402 g/mol. The van der Waals surface area contributed by atoms with Crippen molar-refractivity contribution < 1.29 is 0 Å². The number of rotatable bonds is 5. The quantitative estimate of drug-likeness (QED) is 0.376. The molecule has 0 aliphatic rings. The Kier molecular flexibility index (Phi) is 5.11. The normalized spacial score (nSPS) is 10.9. The molecule has 2 aromatic carbocycles. The molecule has 0 aliphatic heterocycles. The van der Waals surface area contributed by atoms with E-state index in [1.54, 1.807) is 0 Å². The molecule has 3 heterocycles. The predicted octanol–water partition coefficient (Wildman–Crippen LogP) is 6.28. The zero-order valence-corrected chi connectivity index (χ0v) is 17.3. The molecule has 31 heavy (non-hydrogen) atoms. The highest BCUT2D eigenvalue weighted by atomic mass is 15.0. The number of aryl methyl sites for hydroxylation is 1. The molecule has 0 amide bonds. The van der Waals surface area contributed by atoms with Crippen LogP contribution in [0.1, 0.15) is 11.3 Å². The fourth-order valence-corrected chi connectivity index (χ4v) is 3.72. The molecular weight excluding hydrogens is 380 g/mol. The molecule has 0 radical (unpaired) electrons. The molecule has 4 heteroatoms. The van der Waals surface area contributed by atoms with Crippen LogP contribution < -0.4 is 5.32 Å². The van der Waals surface area contributed by atoms with Crippen molar-refractivity contribution in [2.45, 2.75) is 13.5 Å². The molecule has 0 spiro atoms. The number of benzene rings is 2. The van der Waals surface area contributed by atoms with E-state index in [2.05, 4.69) is 80.9 Å². The molecule has 0 unspecified atom stereocenters. The second-order valence-corrected chi connectivity index (χ2v) is 7.55. The second-order valence-electron chi connectivity index (χ2n) is 7.55. The van der Waals surface area contributed by atoms with Crippen molar-refractivity contribution in [3.8, 4) is 22.4 Å². The van der Waals surface area contributed by atoms with Crippen LogP contribution in [0, 0.1) is 6.92 Å². The fraction of sp³-hybridized carbons (Fsp3) is 0.0741. The Labute approximate surface area is 181 Å². The SMILES string of the molecule is Cc1cc(-c2ccc(CNc3nccc4cc(-c5ccccc5)ccc34)cn2)ccn1. The molecule has 150 valence electrons. The van der Waals surface area contributed by atoms with Gasteiger partial charge in [-0.15, -0.1) is 0 Å². The number of hydrogen-bond donors (Lipinski definition) is 1. The maximum absolute atomic E-state index is 4.62. The third-order valence-corrected chi connectivity index (χ3v) is 5.35. The maximum atomic E-state index is 4.62. The minimum absolute atomic E-state index is 0.662. The zero-order chi connectivity index (χ0) is 21.0. The van der Waals surface area contributed by atoms with Crippen LogP contribution in [0.3, 0.4) is 0 Å². The van der Waals surface area contributed by atoms with E-state index in [-0.39, 0.29) is 0 Å². The molecule has 1 N–H and O–H groups in total. The van der Waals surface area contributed by atoms with E-state index in [0.29, 0.717) is 6.54 Å². The van der Waals surface area contributed by atoms with Crippen LogP contribution in [0.5, 0.6) is 0 Å². The number of pyridine rings is 3. The lowest BCUT2D eigenvalue weighted by Crippen LogP contribution is -2.02. The Bertz CT molecular complexity index is 1330. The Morgan fingerprint density at radius 3 is 2.39 bits per heavy atom. The van der Waals surface area contributed by atoms with E-state index < -0.39 is 0 Å². The molecule has 0 bridgehead atoms. The molecule has 5 rings (SSSR count). The maximum Gasteiger partial charge on any atom is 0.134 e. The average molecular weight is 403 g/mol. The molecule has 5 aromatic rings. The minimum Gasteiger partial charge on any atom is -0.365 e. The summed E-state index contributed by atoms with van der Waals surface area (Å²) in [6.45, 7) is 2.65. The average Bonchev–Trinajstić information content (AvgIpc) is 2.83. The van der Waals surface area contributed by atoms with Crippen LogP contribution in [-0.4, -0.2) is 15.0 Å². The summed E-state index contributed by atoms with van der Waals surface area (Å²) in [4.78, 5) is 13.4. The van der Waals surface area contributed by atoms with Crippen LogP contribution >= 0.6 is 0 Å². The molecule has 0 fully saturated rings. The molecule has 0 saturated carbocycles. The molecule has 0 atom stereocenters. The third kappa shape index (κ3) is 4.14. The van der Waals surface area contributed by atoms with Crippen molar-refractivity contribution in [3.63, 3.8) is 0 Å². The smallest absolute Gasteiger partial charge is 0.134 e. The van der Waals surface area contributed by atoms with E-state index in [1.807, 2.05) is 43.7 Å². The highest BCUT2D eigenvalue weighted by Gasteiger charge is 2.06. The summed E-state index contributed by atoms with van der Waals surface area (Å²) in [5.41, 5.74) is 6.54. The van der Waals surface area contributed by atoms with Gasteiger partial charge in [-0.3, -0.25) is 9.97 Å². The second kappa shape index (κ2) is 8.36. The Hall–Kier alpha value is -4.05. The number of nitrogens with one attached hydrogen (secondary N) is 1. The van der Waals surface area contributed by atoms with Gasteiger partial charge in [0.2, 0.25) is 0 Å². The fourth-order valence-electron chi connectivity index (χ4n) is 3.72. The summed E-state index contributed by atoms with van der Waals surface area (Å²) in [6.07, 6.45) is 5.58. The summed E-state index contributed by atoms with van der Waals surface area (Å²) in [7, 11) is 0. The lowest BCUT2D eigenvalue weighted by atomic mass is 10.0. The van der Waals surface area contributed by atoms with Crippen molar-refractivity contribution in [1.82, 2.24) is 15.0 Å². The molecular formula is C27H22N4. The van der Waals surface area contributed by atoms with Gasteiger partial charge in [0.15, 0.2) is 0 Å². The van der Waals surface area contributed by atoms with Crippen molar-refractivity contribution in [2.24, 2.45) is 0 Å². The van der Waals surface area contributed by atoms with Gasteiger partial charge in [-0.1, -0.05) is 48.5 Å². The van der Waals surface area contributed by atoms with Gasteiger partial charge in [-0.25, -0.2) is 4.98 Å². The van der Waals surface area contributed by atoms with Crippen molar-refractivity contribution in [1.29, 1.82) is 0 Å². The van der Waals surface area contributed by atoms with Gasteiger partial charge in [-0.2, -0.15) is 0 Å². The molecule has 4 nitrogen and oxygen atoms in total. The molecule has 0 saturated heterocycles. The first-order valence-corrected chi connectivity index (χ1v) is 10.3. The number of nitrogens with zero attached hydrogens (tertiary/aromatic N) is 3. The standard InChI is InChI=1S/C27H22N4/c1-19-15-24(12-13-28-19)26-10-7-20(17-30-26)18-31-27-25-9-8-22(16-23(25)11-14-29-27)21-5-3-2-4-6-21/h2-17H,18H2,1H3,(H,29,31). The molecule has 3 aromatic heterocycles. The largest absolute Gasteiger partial charge is 0.365 e. The van der Waals surface area contributed by atoms with Gasteiger partial charge in [0, 0.05) is 41.8 Å². The summed E-state index contributed by atoms with van der Waals surface area (Å²) >= 11 is 0. The van der Waals surface area contributed by atoms with Gasteiger partial charge >= 0.3 is 0 Å². The van der Waals surface area contributed by atoms with Crippen LogP contribution in [0.15, 0.2) is 97.5 Å². The first-order chi connectivity index (χ1) is 15.3. The number of fused-ring (bicyclic) bond motifs is 1. The lowest BCUT2D eigenvalue weighted by Gasteiger charge is -2.11. The van der Waals surface area contributed by atoms with E-state index in [1.165, 1.54) is 16.5 Å². The summed E-state index contributed by atoms with van der Waals surface area (Å²) in [6, 6.07) is 27.2. The summed E-state index contributed by atoms with van der Waals surface area (Å²) in [5.74, 6) is 0.881. The highest BCUT2D eigenvalue weighted by Crippen LogP contribution is 2.28. The van der Waals surface area contributed by atoms with Crippen molar-refractivity contribution in [2.75, 3.05) is 5.32 Å². The van der Waals surface area contributed by atoms with E-state index >= 15 is 0 Å². The first-order valence-electron chi connectivity index (χ1n) is 10.3. The zero-order valence-electron chi connectivity index (χ0n) is 17.3. The Morgan fingerprint density at radius 2 is 1.58 bits per heavy atom. The summed E-state index contributed by atoms with van der Waals surface area (Å²) in [5, 5.41) is 5.75. The van der Waals surface area contributed by atoms with Crippen molar-refractivity contribution >= 4 is 16.6 Å². The van der Waals surface area contributed by atoms with Gasteiger partial charge in [0.05, 0.1) is 5.69 Å². The topological polar surface area (TPSA) is 50.7 Å². The Morgan fingerprint density at radius 1 is 0.710 bits per heavy atom. The molecule has 0 aliphatic carbocycles. The van der Waals surface area contributed by atoms with Crippen molar-refractivity contribution in [3.05, 3.63) is 109 Å². The van der Waals surface area contributed by atoms with Crippen LogP contribution in [0.2, 0.25) is 0 Å². The minimum atomic E-state index is 0.662. The van der Waals surface area contributed by atoms with Gasteiger partial charge in [0.1, 0.15) is 5.82 Å². The highest BCUT2D eigenvalue weighted by molar-refractivity contribution is 5.94. The summed E-state index contributed by atoms with van der Waals surface area (Å²) < 4.78 is 0. The van der Waals surface area contributed by atoms with Gasteiger partial charge in [-0.05, 0) is 59.3 Å². The lowest BCUT2D eigenvalue weighted by molar-refractivity contribution is 1.09. The number of anilines is 1. The van der Waals surface area contributed by atoms with Gasteiger partial charge in [0.25, 0.3) is 0 Å². The predicted molar refractivity (Wildman–Crippen MR) is 127 cm³/mol.